The third kappa shape index (κ3) is 6.10. The van der Waals surface area contributed by atoms with Crippen molar-refractivity contribution in [3.05, 3.63) is 48.1 Å². The van der Waals surface area contributed by atoms with Crippen LogP contribution in [0.1, 0.15) is 5.56 Å². The molecule has 1 rings (SSSR count). The predicted octanol–water partition coefficient (Wildman–Crippen LogP) is 3.92. The fourth-order valence-corrected chi connectivity index (χ4v) is 1.15. The van der Waals surface area contributed by atoms with E-state index in [2.05, 4.69) is 4.74 Å². The number of carbonyl (C=O) groups is 1. The number of ether oxygens (including phenoxy) is 1. The van der Waals surface area contributed by atoms with E-state index in [9.17, 15) is 18.0 Å². The van der Waals surface area contributed by atoms with Crippen molar-refractivity contribution in [3.8, 4) is 5.75 Å². The lowest BCUT2D eigenvalue weighted by Crippen LogP contribution is -2.16. The summed E-state index contributed by atoms with van der Waals surface area (Å²) >= 11 is 5.06. The molecule has 18 heavy (non-hydrogen) atoms. The van der Waals surface area contributed by atoms with Crippen LogP contribution in [0, 0.1) is 0 Å². The van der Waals surface area contributed by atoms with E-state index in [1.54, 1.807) is 12.2 Å². The molecular weight excluding hydrogens is 269 g/mol. The van der Waals surface area contributed by atoms with Crippen LogP contribution in [-0.4, -0.2) is 11.6 Å². The smallest absolute Gasteiger partial charge is 0.406 e. The summed E-state index contributed by atoms with van der Waals surface area (Å²) < 4.78 is 39.3. The van der Waals surface area contributed by atoms with Crippen LogP contribution in [0.3, 0.4) is 0 Å². The molecule has 0 aliphatic carbocycles. The Bertz CT molecular complexity index is 461. The van der Waals surface area contributed by atoms with Gasteiger partial charge in [0, 0.05) is 0 Å². The lowest BCUT2D eigenvalue weighted by molar-refractivity contribution is -0.274. The summed E-state index contributed by atoms with van der Waals surface area (Å²) in [5, 5.41) is -0.603. The normalized spacial score (nSPS) is 12.2. The lowest BCUT2D eigenvalue weighted by Gasteiger charge is -2.08. The first kappa shape index (κ1) is 14.3. The van der Waals surface area contributed by atoms with Crippen molar-refractivity contribution in [2.75, 3.05) is 0 Å². The monoisotopic (exact) mass is 276 g/mol. The highest BCUT2D eigenvalue weighted by Gasteiger charge is 2.30. The molecule has 0 saturated heterocycles. The molecule has 0 N–H and O–H groups in total. The van der Waals surface area contributed by atoms with Crippen LogP contribution >= 0.6 is 11.6 Å². The Hall–Kier alpha value is -1.75. The third-order valence-corrected chi connectivity index (χ3v) is 1.87. The van der Waals surface area contributed by atoms with Gasteiger partial charge in [0.15, 0.2) is 0 Å². The van der Waals surface area contributed by atoms with Gasteiger partial charge in [0.25, 0.3) is 0 Å². The number of hydrogen-bond donors (Lipinski definition) is 0. The van der Waals surface area contributed by atoms with E-state index >= 15 is 0 Å². The maximum atomic E-state index is 11.9. The summed E-state index contributed by atoms with van der Waals surface area (Å²) in [6.45, 7) is 0. The molecule has 1 aromatic carbocycles. The number of hydrogen-bond acceptors (Lipinski definition) is 2. The van der Waals surface area contributed by atoms with Gasteiger partial charge in [-0.1, -0.05) is 30.4 Å². The van der Waals surface area contributed by atoms with Crippen molar-refractivity contribution in [1.82, 2.24) is 0 Å². The second-order valence-corrected chi connectivity index (χ2v) is 3.51. The molecule has 0 saturated carbocycles. The predicted molar refractivity (Wildman–Crippen MR) is 62.2 cm³/mol. The second-order valence-electron chi connectivity index (χ2n) is 3.14. The van der Waals surface area contributed by atoms with Crippen molar-refractivity contribution in [1.29, 1.82) is 0 Å². The van der Waals surface area contributed by atoms with Crippen LogP contribution in [-0.2, 0) is 4.79 Å². The first-order valence-corrected chi connectivity index (χ1v) is 5.14. The van der Waals surface area contributed by atoms with E-state index in [0.717, 1.165) is 6.08 Å². The first-order chi connectivity index (χ1) is 8.37. The van der Waals surface area contributed by atoms with Gasteiger partial charge in [-0.2, -0.15) is 0 Å². The Morgan fingerprint density at radius 3 is 2.28 bits per heavy atom. The Morgan fingerprint density at radius 1 is 1.17 bits per heavy atom. The molecule has 0 aliphatic heterocycles. The SMILES string of the molecule is O=C(Cl)/C=C/C=C/c1ccc(OC(F)(F)F)cc1. The van der Waals surface area contributed by atoms with Gasteiger partial charge in [0.05, 0.1) is 0 Å². The Balaban J connectivity index is 2.63. The minimum absolute atomic E-state index is 0.286. The maximum absolute atomic E-state index is 11.9. The van der Waals surface area contributed by atoms with E-state index < -0.39 is 11.6 Å². The molecule has 1 aromatic rings. The van der Waals surface area contributed by atoms with Crippen molar-refractivity contribution >= 4 is 22.9 Å². The molecule has 0 bridgehead atoms. The van der Waals surface area contributed by atoms with Crippen molar-refractivity contribution < 1.29 is 22.7 Å². The van der Waals surface area contributed by atoms with Gasteiger partial charge >= 0.3 is 6.36 Å². The van der Waals surface area contributed by atoms with E-state index in [1.165, 1.54) is 30.3 Å². The molecule has 2 nitrogen and oxygen atoms in total. The summed E-state index contributed by atoms with van der Waals surface area (Å²) in [6, 6.07) is 5.30. The molecule has 0 unspecified atom stereocenters. The average molecular weight is 277 g/mol. The zero-order valence-electron chi connectivity index (χ0n) is 8.95. The van der Waals surface area contributed by atoms with Gasteiger partial charge in [-0.05, 0) is 35.4 Å². The average Bonchev–Trinajstić information content (AvgIpc) is 2.24. The largest absolute Gasteiger partial charge is 0.573 e. The molecule has 0 aliphatic rings. The Kier molecular flexibility index (Phi) is 4.97. The topological polar surface area (TPSA) is 26.3 Å². The van der Waals surface area contributed by atoms with Gasteiger partial charge in [-0.15, -0.1) is 13.2 Å². The van der Waals surface area contributed by atoms with E-state index in [0.29, 0.717) is 5.56 Å². The first-order valence-electron chi connectivity index (χ1n) is 4.77. The Morgan fingerprint density at radius 2 is 1.78 bits per heavy atom. The summed E-state index contributed by atoms with van der Waals surface area (Å²) in [5.41, 5.74) is 0.663. The second kappa shape index (κ2) is 6.26. The lowest BCUT2D eigenvalue weighted by atomic mass is 10.2. The summed E-state index contributed by atoms with van der Waals surface area (Å²) in [6.07, 6.45) is 1.03. The van der Waals surface area contributed by atoms with Gasteiger partial charge < -0.3 is 4.74 Å². The molecule has 0 aromatic heterocycles. The van der Waals surface area contributed by atoms with Crippen LogP contribution in [0.25, 0.3) is 6.08 Å². The zero-order valence-corrected chi connectivity index (χ0v) is 9.70. The molecule has 0 atom stereocenters. The molecule has 0 heterocycles. The van der Waals surface area contributed by atoms with Gasteiger partial charge in [0.2, 0.25) is 5.24 Å². The van der Waals surface area contributed by atoms with Gasteiger partial charge in [-0.25, -0.2) is 0 Å². The molecule has 0 fully saturated rings. The molecule has 6 heteroatoms. The third-order valence-electron chi connectivity index (χ3n) is 1.74. The van der Waals surface area contributed by atoms with Crippen molar-refractivity contribution in [3.63, 3.8) is 0 Å². The molecular formula is C12H8ClF3O2. The molecule has 0 spiro atoms. The van der Waals surface area contributed by atoms with Crippen molar-refractivity contribution in [2.24, 2.45) is 0 Å². The van der Waals surface area contributed by atoms with E-state index in [4.69, 9.17) is 11.6 Å². The fraction of sp³-hybridized carbons (Fsp3) is 0.0833. The summed E-state index contributed by atoms with van der Waals surface area (Å²) in [4.78, 5) is 10.4. The molecule has 0 radical (unpaired) electrons. The molecule has 0 amide bonds. The quantitative estimate of drug-likeness (QED) is 0.473. The summed E-state index contributed by atoms with van der Waals surface area (Å²) in [5.74, 6) is -0.286. The van der Waals surface area contributed by atoms with Crippen LogP contribution in [0.15, 0.2) is 42.5 Å². The van der Waals surface area contributed by atoms with Gasteiger partial charge in [0.1, 0.15) is 5.75 Å². The molecule has 96 valence electrons. The number of halogens is 4. The van der Waals surface area contributed by atoms with E-state index in [-0.39, 0.29) is 5.75 Å². The van der Waals surface area contributed by atoms with Crippen LogP contribution in [0.5, 0.6) is 5.75 Å². The summed E-state index contributed by atoms with van der Waals surface area (Å²) in [7, 11) is 0. The maximum Gasteiger partial charge on any atom is 0.573 e. The number of benzene rings is 1. The van der Waals surface area contributed by atoms with Crippen LogP contribution in [0.4, 0.5) is 13.2 Å². The van der Waals surface area contributed by atoms with E-state index in [1.807, 2.05) is 0 Å². The zero-order chi connectivity index (χ0) is 13.6. The number of alkyl halides is 3. The van der Waals surface area contributed by atoms with Crippen LogP contribution < -0.4 is 4.74 Å². The highest BCUT2D eigenvalue weighted by atomic mass is 35.5. The Labute approximate surface area is 106 Å². The minimum Gasteiger partial charge on any atom is -0.406 e. The van der Waals surface area contributed by atoms with Crippen LogP contribution in [0.2, 0.25) is 0 Å². The highest BCUT2D eigenvalue weighted by Crippen LogP contribution is 2.22. The van der Waals surface area contributed by atoms with Gasteiger partial charge in [-0.3, -0.25) is 4.79 Å². The number of carbonyl (C=O) groups excluding carboxylic acids is 1. The standard InChI is InChI=1S/C12H8ClF3O2/c13-11(17)4-2-1-3-9-5-7-10(8-6-9)18-12(14,15)16/h1-8H/b3-1+,4-2+. The fourth-order valence-electron chi connectivity index (χ4n) is 1.08. The highest BCUT2D eigenvalue weighted by molar-refractivity contribution is 6.66. The number of allylic oxidation sites excluding steroid dienone is 3. The minimum atomic E-state index is -4.69. The number of rotatable bonds is 4. The van der Waals surface area contributed by atoms with Crippen molar-refractivity contribution in [2.45, 2.75) is 6.36 Å².